The van der Waals surface area contributed by atoms with Crippen LogP contribution in [0.2, 0.25) is 0 Å². The van der Waals surface area contributed by atoms with Gasteiger partial charge in [-0.05, 0) is 25.7 Å². The minimum Gasteiger partial charge on any atom is -0.395 e. The Bertz CT molecular complexity index is 261. The number of nitrogens with one attached hydrogen (secondary N) is 1. The van der Waals surface area contributed by atoms with Crippen LogP contribution in [0.25, 0.3) is 0 Å². The molecule has 2 aliphatic rings. The van der Waals surface area contributed by atoms with E-state index in [4.69, 9.17) is 5.11 Å². The number of carbonyl (C=O) groups is 1. The highest BCUT2D eigenvalue weighted by Gasteiger charge is 2.24. The van der Waals surface area contributed by atoms with Crippen LogP contribution >= 0.6 is 0 Å². The minimum absolute atomic E-state index is 0.177. The largest absolute Gasteiger partial charge is 0.395 e. The molecule has 2 N–H and O–H groups in total. The minimum atomic E-state index is 0.177. The van der Waals surface area contributed by atoms with E-state index in [9.17, 15) is 4.79 Å². The second kappa shape index (κ2) is 7.10. The SMILES string of the molecule is O=C(CCN(CCO)C1CCCCC1)NC1CC1. The number of hydrogen-bond acceptors (Lipinski definition) is 3. The van der Waals surface area contributed by atoms with E-state index in [2.05, 4.69) is 10.2 Å². The van der Waals surface area contributed by atoms with Crippen molar-refractivity contribution >= 4 is 5.91 Å². The lowest BCUT2D eigenvalue weighted by atomic mass is 9.94. The second-order valence-electron chi connectivity index (χ2n) is 5.64. The molecule has 0 aromatic heterocycles. The van der Waals surface area contributed by atoms with Crippen LogP contribution in [0.1, 0.15) is 51.4 Å². The van der Waals surface area contributed by atoms with E-state index in [-0.39, 0.29) is 12.5 Å². The summed E-state index contributed by atoms with van der Waals surface area (Å²) in [5.41, 5.74) is 0. The molecule has 0 atom stereocenters. The van der Waals surface area contributed by atoms with Gasteiger partial charge in [-0.15, -0.1) is 0 Å². The van der Waals surface area contributed by atoms with Crippen LogP contribution in [0.4, 0.5) is 0 Å². The number of carbonyl (C=O) groups excluding carboxylic acids is 1. The Morgan fingerprint density at radius 1 is 1.11 bits per heavy atom. The highest BCUT2D eigenvalue weighted by Crippen LogP contribution is 2.23. The molecule has 0 saturated heterocycles. The fraction of sp³-hybridized carbons (Fsp3) is 0.929. The maximum absolute atomic E-state index is 11.7. The first-order valence-electron chi connectivity index (χ1n) is 7.44. The fourth-order valence-electron chi connectivity index (χ4n) is 2.82. The normalized spacial score (nSPS) is 21.2. The number of rotatable bonds is 7. The van der Waals surface area contributed by atoms with E-state index >= 15 is 0 Å². The molecule has 4 nitrogen and oxygen atoms in total. The van der Waals surface area contributed by atoms with Gasteiger partial charge in [-0.25, -0.2) is 0 Å². The summed E-state index contributed by atoms with van der Waals surface area (Å²) in [6, 6.07) is 1.04. The molecule has 0 unspecified atom stereocenters. The third kappa shape index (κ3) is 4.58. The predicted molar refractivity (Wildman–Crippen MR) is 71.3 cm³/mol. The van der Waals surface area contributed by atoms with E-state index in [1.807, 2.05) is 0 Å². The van der Waals surface area contributed by atoms with Crippen molar-refractivity contribution in [1.29, 1.82) is 0 Å². The maximum Gasteiger partial charge on any atom is 0.221 e. The molecule has 2 saturated carbocycles. The topological polar surface area (TPSA) is 52.6 Å². The highest BCUT2D eigenvalue weighted by molar-refractivity contribution is 5.76. The van der Waals surface area contributed by atoms with Crippen molar-refractivity contribution in [3.63, 3.8) is 0 Å². The molecular weight excluding hydrogens is 228 g/mol. The van der Waals surface area contributed by atoms with Gasteiger partial charge in [-0.1, -0.05) is 19.3 Å². The first kappa shape index (κ1) is 13.8. The Hall–Kier alpha value is -0.610. The summed E-state index contributed by atoms with van der Waals surface area (Å²) in [6.45, 7) is 1.70. The number of aliphatic hydroxyl groups excluding tert-OH is 1. The molecule has 0 aromatic carbocycles. The quantitative estimate of drug-likeness (QED) is 0.719. The lowest BCUT2D eigenvalue weighted by Crippen LogP contribution is -2.41. The Kier molecular flexibility index (Phi) is 5.45. The van der Waals surface area contributed by atoms with Gasteiger partial charge >= 0.3 is 0 Å². The summed E-state index contributed by atoms with van der Waals surface area (Å²) in [5, 5.41) is 12.2. The first-order chi connectivity index (χ1) is 8.79. The highest BCUT2D eigenvalue weighted by atomic mass is 16.3. The molecule has 0 radical (unpaired) electrons. The van der Waals surface area contributed by atoms with Crippen molar-refractivity contribution in [1.82, 2.24) is 10.2 Å². The smallest absolute Gasteiger partial charge is 0.221 e. The molecule has 2 aliphatic carbocycles. The molecule has 0 aliphatic heterocycles. The van der Waals surface area contributed by atoms with E-state index < -0.39 is 0 Å². The van der Waals surface area contributed by atoms with Crippen LogP contribution in [-0.2, 0) is 4.79 Å². The zero-order chi connectivity index (χ0) is 12.8. The van der Waals surface area contributed by atoms with Gasteiger partial charge in [0.15, 0.2) is 0 Å². The molecule has 2 rings (SSSR count). The van der Waals surface area contributed by atoms with Crippen molar-refractivity contribution in [3.8, 4) is 0 Å². The number of aliphatic hydroxyl groups is 1. The molecule has 0 spiro atoms. The second-order valence-corrected chi connectivity index (χ2v) is 5.64. The van der Waals surface area contributed by atoms with Gasteiger partial charge in [0.25, 0.3) is 0 Å². The van der Waals surface area contributed by atoms with E-state index in [0.29, 0.717) is 25.0 Å². The lowest BCUT2D eigenvalue weighted by Gasteiger charge is -2.33. The summed E-state index contributed by atoms with van der Waals surface area (Å²) in [7, 11) is 0. The number of hydrogen-bond donors (Lipinski definition) is 2. The van der Waals surface area contributed by atoms with Crippen molar-refractivity contribution < 1.29 is 9.90 Å². The van der Waals surface area contributed by atoms with Gasteiger partial charge in [0.1, 0.15) is 0 Å². The predicted octanol–water partition coefficient (Wildman–Crippen LogP) is 1.28. The van der Waals surface area contributed by atoms with E-state index in [1.54, 1.807) is 0 Å². The van der Waals surface area contributed by atoms with Crippen LogP contribution in [-0.4, -0.2) is 47.7 Å². The Morgan fingerprint density at radius 3 is 2.44 bits per heavy atom. The van der Waals surface area contributed by atoms with E-state index in [1.165, 1.54) is 32.1 Å². The zero-order valence-corrected chi connectivity index (χ0v) is 11.2. The van der Waals surface area contributed by atoms with Gasteiger partial charge in [0, 0.05) is 31.6 Å². The molecule has 4 heteroatoms. The lowest BCUT2D eigenvalue weighted by molar-refractivity contribution is -0.121. The molecule has 1 amide bonds. The van der Waals surface area contributed by atoms with Gasteiger partial charge in [-0.3, -0.25) is 9.69 Å². The molecule has 0 heterocycles. The standard InChI is InChI=1S/C14H26N2O2/c17-11-10-16(13-4-2-1-3-5-13)9-8-14(18)15-12-6-7-12/h12-13,17H,1-11H2,(H,15,18). The number of amides is 1. The van der Waals surface area contributed by atoms with Gasteiger partial charge < -0.3 is 10.4 Å². The van der Waals surface area contributed by atoms with Crippen LogP contribution < -0.4 is 5.32 Å². The van der Waals surface area contributed by atoms with Crippen molar-refractivity contribution in [2.45, 2.75) is 63.5 Å². The summed E-state index contributed by atoms with van der Waals surface area (Å²) in [5.74, 6) is 0.177. The average Bonchev–Trinajstić information content (AvgIpc) is 3.19. The maximum atomic E-state index is 11.7. The van der Waals surface area contributed by atoms with Crippen molar-refractivity contribution in [2.75, 3.05) is 19.7 Å². The molecule has 104 valence electrons. The molecule has 0 aromatic rings. The monoisotopic (exact) mass is 254 g/mol. The Balaban J connectivity index is 1.71. The average molecular weight is 254 g/mol. The Labute approximate surface area is 110 Å². The third-order valence-corrected chi connectivity index (χ3v) is 4.05. The summed E-state index contributed by atoms with van der Waals surface area (Å²) in [4.78, 5) is 14.0. The van der Waals surface area contributed by atoms with Crippen LogP contribution in [0, 0.1) is 0 Å². The molecule has 2 fully saturated rings. The fourth-order valence-corrected chi connectivity index (χ4v) is 2.82. The van der Waals surface area contributed by atoms with Gasteiger partial charge in [0.05, 0.1) is 6.61 Å². The third-order valence-electron chi connectivity index (χ3n) is 4.05. The van der Waals surface area contributed by atoms with Crippen LogP contribution in [0.15, 0.2) is 0 Å². The van der Waals surface area contributed by atoms with Crippen LogP contribution in [0.3, 0.4) is 0 Å². The zero-order valence-electron chi connectivity index (χ0n) is 11.2. The summed E-state index contributed by atoms with van der Waals surface area (Å²) < 4.78 is 0. The van der Waals surface area contributed by atoms with Crippen LogP contribution in [0.5, 0.6) is 0 Å². The van der Waals surface area contributed by atoms with Gasteiger partial charge in [-0.2, -0.15) is 0 Å². The molecule has 18 heavy (non-hydrogen) atoms. The summed E-state index contributed by atoms with van der Waals surface area (Å²) >= 11 is 0. The molecule has 0 bridgehead atoms. The summed E-state index contributed by atoms with van der Waals surface area (Å²) in [6.07, 6.45) is 9.25. The van der Waals surface area contributed by atoms with E-state index in [0.717, 1.165) is 19.4 Å². The van der Waals surface area contributed by atoms with Crippen molar-refractivity contribution in [3.05, 3.63) is 0 Å². The Morgan fingerprint density at radius 2 is 1.83 bits per heavy atom. The number of nitrogens with zero attached hydrogens (tertiary/aromatic N) is 1. The van der Waals surface area contributed by atoms with Crippen molar-refractivity contribution in [2.24, 2.45) is 0 Å². The van der Waals surface area contributed by atoms with Gasteiger partial charge in [0.2, 0.25) is 5.91 Å². The first-order valence-corrected chi connectivity index (χ1v) is 7.44. The molecular formula is C14H26N2O2.